The molecule has 0 aliphatic carbocycles. The lowest BCUT2D eigenvalue weighted by molar-refractivity contribution is 0.0331. The quantitative estimate of drug-likeness (QED) is 0.643. The molecule has 1 saturated heterocycles. The monoisotopic (exact) mass is 374 g/mol. The molecule has 28 heavy (non-hydrogen) atoms. The summed E-state index contributed by atoms with van der Waals surface area (Å²) in [7, 11) is 0. The van der Waals surface area contributed by atoms with Gasteiger partial charge in [-0.15, -0.1) is 0 Å². The summed E-state index contributed by atoms with van der Waals surface area (Å²) < 4.78 is 0. The fourth-order valence-electron chi connectivity index (χ4n) is 4.52. The van der Waals surface area contributed by atoms with E-state index in [2.05, 4.69) is 64.5 Å². The first-order chi connectivity index (χ1) is 13.8. The van der Waals surface area contributed by atoms with Gasteiger partial charge in [-0.1, -0.05) is 54.6 Å². The summed E-state index contributed by atoms with van der Waals surface area (Å²) in [5.74, 6) is 0. The molecule has 1 aliphatic rings. The van der Waals surface area contributed by atoms with E-state index in [4.69, 9.17) is 0 Å². The highest BCUT2D eigenvalue weighted by Gasteiger charge is 2.33. The molecule has 0 saturated carbocycles. The molecule has 0 unspecified atom stereocenters. The predicted octanol–water partition coefficient (Wildman–Crippen LogP) is 4.83. The maximum absolute atomic E-state index is 10.1. The summed E-state index contributed by atoms with van der Waals surface area (Å²) in [6.45, 7) is 3.36. The van der Waals surface area contributed by atoms with Gasteiger partial charge in [-0.2, -0.15) is 0 Å². The molecule has 0 atom stereocenters. The SMILES string of the molecule is OCC1(CCCc2ccccc2)CCN(Cc2cccc3cccnc23)CC1. The van der Waals surface area contributed by atoms with Crippen molar-refractivity contribution >= 4 is 10.9 Å². The van der Waals surface area contributed by atoms with E-state index in [0.29, 0.717) is 6.61 Å². The Balaban J connectivity index is 1.33. The van der Waals surface area contributed by atoms with Gasteiger partial charge in [0.15, 0.2) is 0 Å². The Labute approximate surface area is 168 Å². The van der Waals surface area contributed by atoms with Crippen LogP contribution in [0.5, 0.6) is 0 Å². The number of hydrogen-bond acceptors (Lipinski definition) is 3. The van der Waals surface area contributed by atoms with E-state index in [0.717, 1.165) is 57.3 Å². The molecular weight excluding hydrogens is 344 g/mol. The number of aromatic nitrogens is 1. The Morgan fingerprint density at radius 2 is 1.71 bits per heavy atom. The zero-order chi connectivity index (χ0) is 19.2. The van der Waals surface area contributed by atoms with Crippen molar-refractivity contribution < 1.29 is 5.11 Å². The number of rotatable bonds is 7. The lowest BCUT2D eigenvalue weighted by Gasteiger charge is -2.41. The summed E-state index contributed by atoms with van der Waals surface area (Å²) in [4.78, 5) is 7.12. The standard InChI is InChI=1S/C25H30N2O/c28-20-25(13-5-9-21-7-2-1-3-8-21)14-17-27(18-15-25)19-23-11-4-10-22-12-6-16-26-24(22)23/h1-4,6-8,10-12,16,28H,5,9,13-15,17-20H2. The molecule has 3 nitrogen and oxygen atoms in total. The van der Waals surface area contributed by atoms with Crippen LogP contribution in [0.3, 0.4) is 0 Å². The van der Waals surface area contributed by atoms with Crippen LogP contribution in [0.2, 0.25) is 0 Å². The molecule has 3 heteroatoms. The molecule has 2 heterocycles. The number of nitrogens with zero attached hydrogens (tertiary/aromatic N) is 2. The molecule has 1 aromatic heterocycles. The lowest BCUT2D eigenvalue weighted by atomic mass is 9.75. The van der Waals surface area contributed by atoms with Crippen LogP contribution in [-0.4, -0.2) is 34.7 Å². The first-order valence-corrected chi connectivity index (χ1v) is 10.5. The fraction of sp³-hybridized carbons (Fsp3) is 0.400. The first kappa shape index (κ1) is 19.1. The second-order valence-electron chi connectivity index (χ2n) is 8.27. The van der Waals surface area contributed by atoms with Gasteiger partial charge in [0.05, 0.1) is 5.52 Å². The van der Waals surface area contributed by atoms with Crippen LogP contribution in [0.25, 0.3) is 10.9 Å². The molecule has 1 N–H and O–H groups in total. The minimum atomic E-state index is 0.0995. The predicted molar refractivity (Wildman–Crippen MR) is 115 cm³/mol. The van der Waals surface area contributed by atoms with Crippen molar-refractivity contribution in [1.82, 2.24) is 9.88 Å². The molecule has 1 fully saturated rings. The van der Waals surface area contributed by atoms with Crippen LogP contribution < -0.4 is 0 Å². The highest BCUT2D eigenvalue weighted by molar-refractivity contribution is 5.81. The third kappa shape index (κ3) is 4.43. The average molecular weight is 375 g/mol. The van der Waals surface area contributed by atoms with Crippen LogP contribution >= 0.6 is 0 Å². The molecule has 2 aromatic carbocycles. The second-order valence-corrected chi connectivity index (χ2v) is 8.27. The van der Waals surface area contributed by atoms with Crippen molar-refractivity contribution in [3.63, 3.8) is 0 Å². The molecule has 0 bridgehead atoms. The van der Waals surface area contributed by atoms with E-state index in [1.165, 1.54) is 16.5 Å². The number of hydrogen-bond donors (Lipinski definition) is 1. The maximum atomic E-state index is 10.1. The van der Waals surface area contributed by atoms with Crippen LogP contribution in [-0.2, 0) is 13.0 Å². The van der Waals surface area contributed by atoms with Crippen molar-refractivity contribution in [2.75, 3.05) is 19.7 Å². The largest absolute Gasteiger partial charge is 0.396 e. The number of para-hydroxylation sites is 1. The van der Waals surface area contributed by atoms with Gasteiger partial charge in [0, 0.05) is 24.7 Å². The Morgan fingerprint density at radius 1 is 0.929 bits per heavy atom. The smallest absolute Gasteiger partial charge is 0.0746 e. The fourth-order valence-corrected chi connectivity index (χ4v) is 4.52. The van der Waals surface area contributed by atoms with Crippen molar-refractivity contribution in [2.45, 2.75) is 38.6 Å². The summed E-state index contributed by atoms with van der Waals surface area (Å²) in [6, 6.07) is 21.3. The summed E-state index contributed by atoms with van der Waals surface area (Å²) >= 11 is 0. The number of likely N-dealkylation sites (tertiary alicyclic amines) is 1. The molecule has 0 radical (unpaired) electrons. The topological polar surface area (TPSA) is 36.4 Å². The zero-order valence-corrected chi connectivity index (χ0v) is 16.6. The lowest BCUT2D eigenvalue weighted by Crippen LogP contribution is -2.41. The summed E-state index contributed by atoms with van der Waals surface area (Å²) in [5.41, 5.74) is 3.92. The average Bonchev–Trinajstić information content (AvgIpc) is 2.76. The van der Waals surface area contributed by atoms with E-state index in [1.807, 2.05) is 12.3 Å². The van der Waals surface area contributed by atoms with Gasteiger partial charge < -0.3 is 5.11 Å². The third-order valence-corrected chi connectivity index (χ3v) is 6.38. The Bertz CT molecular complexity index is 880. The van der Waals surface area contributed by atoms with E-state index in [-0.39, 0.29) is 5.41 Å². The number of benzene rings is 2. The van der Waals surface area contributed by atoms with Crippen molar-refractivity contribution in [2.24, 2.45) is 5.41 Å². The number of aliphatic hydroxyl groups excluding tert-OH is 1. The molecule has 146 valence electrons. The molecule has 1 aliphatic heterocycles. The van der Waals surface area contributed by atoms with Crippen molar-refractivity contribution in [3.8, 4) is 0 Å². The summed E-state index contributed by atoms with van der Waals surface area (Å²) in [5, 5.41) is 11.3. The normalized spacial score (nSPS) is 17.0. The van der Waals surface area contributed by atoms with E-state index in [9.17, 15) is 5.11 Å². The molecule has 4 rings (SSSR count). The number of pyridine rings is 1. The molecule has 0 amide bonds. The Hall–Kier alpha value is -2.23. The van der Waals surface area contributed by atoms with Crippen LogP contribution in [0.15, 0.2) is 66.9 Å². The minimum absolute atomic E-state index is 0.0995. The zero-order valence-electron chi connectivity index (χ0n) is 16.6. The van der Waals surface area contributed by atoms with Crippen molar-refractivity contribution in [1.29, 1.82) is 0 Å². The van der Waals surface area contributed by atoms with Gasteiger partial charge >= 0.3 is 0 Å². The maximum Gasteiger partial charge on any atom is 0.0746 e. The van der Waals surface area contributed by atoms with Gasteiger partial charge in [-0.05, 0) is 67.8 Å². The number of fused-ring (bicyclic) bond motifs is 1. The van der Waals surface area contributed by atoms with Gasteiger partial charge in [-0.3, -0.25) is 9.88 Å². The van der Waals surface area contributed by atoms with Crippen LogP contribution in [0.4, 0.5) is 0 Å². The third-order valence-electron chi connectivity index (χ3n) is 6.38. The number of piperidine rings is 1. The van der Waals surface area contributed by atoms with Gasteiger partial charge in [0.1, 0.15) is 0 Å². The first-order valence-electron chi connectivity index (χ1n) is 10.5. The summed E-state index contributed by atoms with van der Waals surface area (Å²) in [6.07, 6.45) is 7.41. The molecular formula is C25H30N2O. The minimum Gasteiger partial charge on any atom is -0.396 e. The van der Waals surface area contributed by atoms with E-state index < -0.39 is 0 Å². The van der Waals surface area contributed by atoms with E-state index >= 15 is 0 Å². The highest BCUT2D eigenvalue weighted by atomic mass is 16.3. The number of aryl methyl sites for hydroxylation is 1. The van der Waals surface area contributed by atoms with Crippen LogP contribution in [0, 0.1) is 5.41 Å². The Morgan fingerprint density at radius 3 is 2.50 bits per heavy atom. The van der Waals surface area contributed by atoms with Crippen LogP contribution in [0.1, 0.15) is 36.8 Å². The number of aliphatic hydroxyl groups is 1. The molecule has 3 aromatic rings. The second kappa shape index (κ2) is 8.85. The molecule has 0 spiro atoms. The van der Waals surface area contributed by atoms with Gasteiger partial charge in [-0.25, -0.2) is 0 Å². The Kier molecular flexibility index (Phi) is 6.04. The van der Waals surface area contributed by atoms with Gasteiger partial charge in [0.2, 0.25) is 0 Å². The van der Waals surface area contributed by atoms with Gasteiger partial charge in [0.25, 0.3) is 0 Å². The van der Waals surface area contributed by atoms with Crippen molar-refractivity contribution in [3.05, 3.63) is 78.0 Å². The van der Waals surface area contributed by atoms with E-state index in [1.54, 1.807) is 0 Å². The highest BCUT2D eigenvalue weighted by Crippen LogP contribution is 2.36.